The van der Waals surface area contributed by atoms with Gasteiger partial charge >= 0.3 is 0 Å². The molecule has 0 aliphatic heterocycles. The van der Waals surface area contributed by atoms with Gasteiger partial charge in [0.05, 0.1) is 18.7 Å². The molecule has 0 aliphatic carbocycles. The lowest BCUT2D eigenvalue weighted by atomic mass is 10.3. The van der Waals surface area contributed by atoms with E-state index in [1.165, 1.54) is 0 Å². The topological polar surface area (TPSA) is 31.4 Å². The highest BCUT2D eigenvalue weighted by Gasteiger charge is 2.05. The summed E-state index contributed by atoms with van der Waals surface area (Å²) in [5, 5.41) is 0. The normalized spacial score (nSPS) is 10.0. The first-order valence-electron chi connectivity index (χ1n) is 5.16. The Morgan fingerprint density at radius 3 is 2.53 bits per heavy atom. The number of halogens is 1. The van der Waals surface area contributed by atoms with Crippen molar-refractivity contribution in [3.05, 3.63) is 48.2 Å². The molecule has 0 radical (unpaired) electrons. The van der Waals surface area contributed by atoms with Gasteiger partial charge < -0.3 is 9.47 Å². The zero-order valence-corrected chi connectivity index (χ0v) is 10.1. The van der Waals surface area contributed by atoms with E-state index in [1.807, 2.05) is 36.4 Å². The fourth-order valence-electron chi connectivity index (χ4n) is 1.40. The van der Waals surface area contributed by atoms with Crippen LogP contribution < -0.4 is 9.47 Å². The number of aromatic nitrogens is 1. The zero-order chi connectivity index (χ0) is 12.1. The smallest absolute Gasteiger partial charge is 0.219 e. The third kappa shape index (κ3) is 2.88. The van der Waals surface area contributed by atoms with Gasteiger partial charge in [-0.1, -0.05) is 18.2 Å². The van der Waals surface area contributed by atoms with Crippen molar-refractivity contribution in [2.45, 2.75) is 5.88 Å². The number of pyridine rings is 1. The second-order valence-corrected chi connectivity index (χ2v) is 3.62. The number of rotatable bonds is 4. The summed E-state index contributed by atoms with van der Waals surface area (Å²) in [4.78, 5) is 4.25. The van der Waals surface area contributed by atoms with Crippen LogP contribution in [0.4, 0.5) is 0 Å². The second-order valence-electron chi connectivity index (χ2n) is 3.35. The van der Waals surface area contributed by atoms with E-state index in [4.69, 9.17) is 21.1 Å². The highest BCUT2D eigenvalue weighted by Crippen LogP contribution is 2.29. The van der Waals surface area contributed by atoms with E-state index in [0.717, 1.165) is 5.69 Å². The molecule has 0 bridgehead atoms. The first kappa shape index (κ1) is 11.7. The van der Waals surface area contributed by atoms with Crippen LogP contribution in [0.5, 0.6) is 17.4 Å². The Bertz CT molecular complexity index is 502. The summed E-state index contributed by atoms with van der Waals surface area (Å²) in [5.74, 6) is 2.18. The van der Waals surface area contributed by atoms with E-state index >= 15 is 0 Å². The molecule has 0 spiro atoms. The van der Waals surface area contributed by atoms with Crippen molar-refractivity contribution in [2.24, 2.45) is 0 Å². The molecule has 1 aromatic heterocycles. The maximum atomic E-state index is 5.72. The minimum absolute atomic E-state index is 0.364. The van der Waals surface area contributed by atoms with Gasteiger partial charge in [-0.25, -0.2) is 4.98 Å². The highest BCUT2D eigenvalue weighted by atomic mass is 35.5. The highest BCUT2D eigenvalue weighted by molar-refractivity contribution is 6.16. The van der Waals surface area contributed by atoms with Gasteiger partial charge in [0.1, 0.15) is 0 Å². The average molecular weight is 250 g/mol. The monoisotopic (exact) mass is 249 g/mol. The van der Waals surface area contributed by atoms with E-state index in [-0.39, 0.29) is 0 Å². The second kappa shape index (κ2) is 5.55. The van der Waals surface area contributed by atoms with Crippen LogP contribution in [0.1, 0.15) is 5.69 Å². The maximum Gasteiger partial charge on any atom is 0.219 e. The summed E-state index contributed by atoms with van der Waals surface area (Å²) < 4.78 is 10.8. The van der Waals surface area contributed by atoms with Gasteiger partial charge in [-0.3, -0.25) is 0 Å². The quantitative estimate of drug-likeness (QED) is 0.776. The molecule has 2 rings (SSSR count). The van der Waals surface area contributed by atoms with E-state index in [0.29, 0.717) is 23.3 Å². The van der Waals surface area contributed by atoms with Gasteiger partial charge in [0, 0.05) is 6.07 Å². The summed E-state index contributed by atoms with van der Waals surface area (Å²) in [6, 6.07) is 12.9. The van der Waals surface area contributed by atoms with Crippen molar-refractivity contribution in [2.75, 3.05) is 7.11 Å². The molecule has 0 fully saturated rings. The predicted octanol–water partition coefficient (Wildman–Crippen LogP) is 3.62. The van der Waals surface area contributed by atoms with Crippen LogP contribution in [0.25, 0.3) is 0 Å². The molecule has 0 saturated carbocycles. The lowest BCUT2D eigenvalue weighted by Crippen LogP contribution is -1.93. The molecule has 0 atom stereocenters. The SMILES string of the molecule is COc1ccccc1Oc1cccc(CCl)n1. The number of ether oxygens (including phenoxy) is 2. The summed E-state index contributed by atoms with van der Waals surface area (Å²) in [5.41, 5.74) is 0.777. The molecule has 0 aliphatic rings. The van der Waals surface area contributed by atoms with Gasteiger partial charge in [-0.15, -0.1) is 11.6 Å². The van der Waals surface area contributed by atoms with Crippen LogP contribution in [-0.4, -0.2) is 12.1 Å². The summed E-state index contributed by atoms with van der Waals surface area (Å²) in [6.07, 6.45) is 0. The number of alkyl halides is 1. The van der Waals surface area contributed by atoms with Gasteiger partial charge in [0.2, 0.25) is 5.88 Å². The Balaban J connectivity index is 2.24. The van der Waals surface area contributed by atoms with Crippen molar-refractivity contribution in [1.29, 1.82) is 0 Å². The Morgan fingerprint density at radius 2 is 1.82 bits per heavy atom. The van der Waals surface area contributed by atoms with E-state index in [2.05, 4.69) is 4.98 Å². The molecule has 0 saturated heterocycles. The number of hydrogen-bond acceptors (Lipinski definition) is 3. The molecular formula is C13H12ClNO2. The first-order chi connectivity index (χ1) is 8.33. The van der Waals surface area contributed by atoms with Crippen LogP contribution in [0.15, 0.2) is 42.5 Å². The van der Waals surface area contributed by atoms with Gasteiger partial charge in [0.15, 0.2) is 11.5 Å². The Labute approximate surface area is 105 Å². The lowest BCUT2D eigenvalue weighted by Gasteiger charge is -2.09. The molecule has 0 amide bonds. The molecule has 1 aromatic carbocycles. The minimum atomic E-state index is 0.364. The van der Waals surface area contributed by atoms with Crippen molar-refractivity contribution in [3.8, 4) is 17.4 Å². The standard InChI is InChI=1S/C13H12ClNO2/c1-16-11-6-2-3-7-12(11)17-13-8-4-5-10(9-14)15-13/h2-8H,9H2,1H3. The van der Waals surface area contributed by atoms with Crippen LogP contribution >= 0.6 is 11.6 Å². The van der Waals surface area contributed by atoms with Gasteiger partial charge in [0.25, 0.3) is 0 Å². The Morgan fingerprint density at radius 1 is 1.06 bits per heavy atom. The summed E-state index contributed by atoms with van der Waals surface area (Å²) >= 11 is 5.72. The predicted molar refractivity (Wildman–Crippen MR) is 66.9 cm³/mol. The molecule has 0 N–H and O–H groups in total. The third-order valence-electron chi connectivity index (χ3n) is 2.20. The molecular weight excluding hydrogens is 238 g/mol. The molecule has 4 heteroatoms. The van der Waals surface area contributed by atoms with Crippen LogP contribution in [0.2, 0.25) is 0 Å². The number of para-hydroxylation sites is 2. The van der Waals surface area contributed by atoms with Gasteiger partial charge in [-0.05, 0) is 18.2 Å². The van der Waals surface area contributed by atoms with Crippen molar-refractivity contribution in [3.63, 3.8) is 0 Å². The van der Waals surface area contributed by atoms with Crippen LogP contribution in [-0.2, 0) is 5.88 Å². The molecule has 1 heterocycles. The van der Waals surface area contributed by atoms with E-state index in [9.17, 15) is 0 Å². The van der Waals surface area contributed by atoms with E-state index < -0.39 is 0 Å². The largest absolute Gasteiger partial charge is 0.493 e. The minimum Gasteiger partial charge on any atom is -0.493 e. The number of methoxy groups -OCH3 is 1. The molecule has 0 unspecified atom stereocenters. The first-order valence-corrected chi connectivity index (χ1v) is 5.69. The maximum absolute atomic E-state index is 5.72. The van der Waals surface area contributed by atoms with Crippen molar-refractivity contribution in [1.82, 2.24) is 4.98 Å². The Hall–Kier alpha value is -1.74. The Kier molecular flexibility index (Phi) is 3.83. The lowest BCUT2D eigenvalue weighted by molar-refractivity contribution is 0.374. The van der Waals surface area contributed by atoms with Gasteiger partial charge in [-0.2, -0.15) is 0 Å². The fraction of sp³-hybridized carbons (Fsp3) is 0.154. The summed E-state index contributed by atoms with van der Waals surface area (Å²) in [7, 11) is 1.60. The molecule has 88 valence electrons. The average Bonchev–Trinajstić information content (AvgIpc) is 2.39. The molecule has 17 heavy (non-hydrogen) atoms. The number of benzene rings is 1. The van der Waals surface area contributed by atoms with Crippen molar-refractivity contribution < 1.29 is 9.47 Å². The molecule has 2 aromatic rings. The van der Waals surface area contributed by atoms with E-state index in [1.54, 1.807) is 13.2 Å². The fourth-order valence-corrected chi connectivity index (χ4v) is 1.55. The molecule has 3 nitrogen and oxygen atoms in total. The number of nitrogens with zero attached hydrogens (tertiary/aromatic N) is 1. The zero-order valence-electron chi connectivity index (χ0n) is 9.39. The third-order valence-corrected chi connectivity index (χ3v) is 2.48. The van der Waals surface area contributed by atoms with Crippen molar-refractivity contribution >= 4 is 11.6 Å². The van der Waals surface area contributed by atoms with Crippen LogP contribution in [0, 0.1) is 0 Å². The summed E-state index contributed by atoms with van der Waals surface area (Å²) in [6.45, 7) is 0. The number of hydrogen-bond donors (Lipinski definition) is 0. The van der Waals surface area contributed by atoms with Crippen LogP contribution in [0.3, 0.4) is 0 Å².